The SMILES string of the molecule is C=C(C)C(=O)C1=NCC(=CC)C2=C1CCCC(=CC)C2=C. The van der Waals surface area contributed by atoms with Gasteiger partial charge in [0.15, 0.2) is 0 Å². The minimum absolute atomic E-state index is 0.0330. The predicted octanol–water partition coefficient (Wildman–Crippen LogP) is 4.52. The Bertz CT molecular complexity index is 638. The van der Waals surface area contributed by atoms with E-state index in [1.54, 1.807) is 6.92 Å². The fourth-order valence-electron chi connectivity index (χ4n) is 3.00. The van der Waals surface area contributed by atoms with Crippen LogP contribution < -0.4 is 0 Å². The van der Waals surface area contributed by atoms with E-state index in [0.717, 1.165) is 36.0 Å². The Morgan fingerprint density at radius 2 is 1.86 bits per heavy atom. The standard InChI is InChI=1S/C19H23NO/c1-6-14-9-8-10-16-17(13(14)5)15(7-2)11-20-18(16)19(21)12(3)4/h6-7H,3,5,8-11H2,1-2,4H3. The number of carbonyl (C=O) groups is 1. The van der Waals surface area contributed by atoms with Gasteiger partial charge >= 0.3 is 0 Å². The van der Waals surface area contributed by atoms with Gasteiger partial charge in [-0.15, -0.1) is 0 Å². The first-order valence-electron chi connectivity index (χ1n) is 7.49. The molecule has 0 saturated carbocycles. The lowest BCUT2D eigenvalue weighted by Crippen LogP contribution is -2.23. The zero-order chi connectivity index (χ0) is 15.6. The highest BCUT2D eigenvalue weighted by Gasteiger charge is 2.29. The summed E-state index contributed by atoms with van der Waals surface area (Å²) in [6.45, 7) is 14.5. The zero-order valence-corrected chi connectivity index (χ0v) is 13.3. The average Bonchev–Trinajstić information content (AvgIpc) is 2.65. The van der Waals surface area contributed by atoms with Crippen LogP contribution in [0.1, 0.15) is 40.0 Å². The Morgan fingerprint density at radius 3 is 2.43 bits per heavy atom. The maximum absolute atomic E-state index is 12.4. The van der Waals surface area contributed by atoms with Crippen LogP contribution in [0.15, 0.2) is 63.7 Å². The molecular weight excluding hydrogens is 258 g/mol. The average molecular weight is 281 g/mol. The third-order valence-corrected chi connectivity index (χ3v) is 4.18. The summed E-state index contributed by atoms with van der Waals surface area (Å²) in [6.07, 6.45) is 7.13. The van der Waals surface area contributed by atoms with Crippen LogP contribution >= 0.6 is 0 Å². The Labute approximate surface area is 127 Å². The summed E-state index contributed by atoms with van der Waals surface area (Å²) in [5.41, 5.74) is 6.86. The van der Waals surface area contributed by atoms with Gasteiger partial charge in [0.2, 0.25) is 5.78 Å². The van der Waals surface area contributed by atoms with E-state index in [0.29, 0.717) is 17.8 Å². The molecule has 0 aromatic carbocycles. The minimum atomic E-state index is -0.0330. The molecule has 1 aliphatic heterocycles. The maximum Gasteiger partial charge on any atom is 0.206 e. The highest BCUT2D eigenvalue weighted by atomic mass is 16.1. The van der Waals surface area contributed by atoms with Crippen LogP contribution in [0.5, 0.6) is 0 Å². The Morgan fingerprint density at radius 1 is 1.19 bits per heavy atom. The molecule has 0 amide bonds. The van der Waals surface area contributed by atoms with Crippen LogP contribution in [0, 0.1) is 0 Å². The van der Waals surface area contributed by atoms with Gasteiger partial charge in [-0.1, -0.05) is 25.3 Å². The van der Waals surface area contributed by atoms with Gasteiger partial charge in [-0.05, 0) is 73.5 Å². The van der Waals surface area contributed by atoms with Gasteiger partial charge in [-0.3, -0.25) is 9.79 Å². The molecule has 0 aromatic rings. The van der Waals surface area contributed by atoms with Crippen molar-refractivity contribution in [1.29, 1.82) is 0 Å². The van der Waals surface area contributed by atoms with E-state index in [1.807, 2.05) is 6.92 Å². The van der Waals surface area contributed by atoms with Crippen molar-refractivity contribution in [2.75, 3.05) is 6.54 Å². The number of dihydropyridines is 1. The van der Waals surface area contributed by atoms with Crippen molar-refractivity contribution in [3.8, 4) is 0 Å². The summed E-state index contributed by atoms with van der Waals surface area (Å²) in [4.78, 5) is 16.9. The van der Waals surface area contributed by atoms with E-state index in [9.17, 15) is 4.79 Å². The predicted molar refractivity (Wildman–Crippen MR) is 89.7 cm³/mol. The summed E-state index contributed by atoms with van der Waals surface area (Å²) < 4.78 is 0. The van der Waals surface area contributed by atoms with Crippen molar-refractivity contribution >= 4 is 11.5 Å². The number of ketones is 1. The van der Waals surface area contributed by atoms with Gasteiger partial charge in [-0.2, -0.15) is 0 Å². The molecule has 2 heteroatoms. The highest BCUT2D eigenvalue weighted by Crippen LogP contribution is 2.38. The first kappa shape index (κ1) is 15.4. The van der Waals surface area contributed by atoms with E-state index in [4.69, 9.17) is 0 Å². The van der Waals surface area contributed by atoms with Crippen molar-refractivity contribution in [2.45, 2.75) is 40.0 Å². The van der Waals surface area contributed by atoms with Crippen molar-refractivity contribution in [1.82, 2.24) is 0 Å². The third kappa shape index (κ3) is 2.76. The van der Waals surface area contributed by atoms with Crippen molar-refractivity contribution < 1.29 is 4.79 Å². The number of aliphatic imine (C=N–C) groups is 1. The summed E-state index contributed by atoms with van der Waals surface area (Å²) >= 11 is 0. The quantitative estimate of drug-likeness (QED) is 0.684. The van der Waals surface area contributed by atoms with Crippen molar-refractivity contribution in [3.63, 3.8) is 0 Å². The molecule has 2 aliphatic rings. The number of hydrogen-bond donors (Lipinski definition) is 0. The van der Waals surface area contributed by atoms with Gasteiger partial charge in [-0.25, -0.2) is 0 Å². The normalized spacial score (nSPS) is 23.0. The maximum atomic E-state index is 12.4. The van der Waals surface area contributed by atoms with Crippen LogP contribution in [0.2, 0.25) is 0 Å². The van der Waals surface area contributed by atoms with Crippen molar-refractivity contribution in [2.24, 2.45) is 4.99 Å². The van der Waals surface area contributed by atoms with Crippen LogP contribution in [0.25, 0.3) is 0 Å². The lowest BCUT2D eigenvalue weighted by Gasteiger charge is -2.23. The van der Waals surface area contributed by atoms with E-state index in [-0.39, 0.29) is 5.78 Å². The van der Waals surface area contributed by atoms with E-state index < -0.39 is 0 Å². The molecule has 0 fully saturated rings. The van der Waals surface area contributed by atoms with Gasteiger partial charge in [0.05, 0.1) is 6.54 Å². The van der Waals surface area contributed by atoms with Crippen LogP contribution in [0.4, 0.5) is 0 Å². The van der Waals surface area contributed by atoms with Gasteiger partial charge < -0.3 is 0 Å². The van der Waals surface area contributed by atoms with Crippen LogP contribution in [-0.4, -0.2) is 18.0 Å². The molecule has 0 spiro atoms. The fraction of sp³-hybridized carbons (Fsp3) is 0.368. The Balaban J connectivity index is 2.62. The second kappa shape index (κ2) is 6.21. The third-order valence-electron chi connectivity index (χ3n) is 4.18. The van der Waals surface area contributed by atoms with Gasteiger partial charge in [0.1, 0.15) is 5.71 Å². The largest absolute Gasteiger partial charge is 0.287 e. The summed E-state index contributed by atoms with van der Waals surface area (Å²) in [6, 6.07) is 0. The summed E-state index contributed by atoms with van der Waals surface area (Å²) in [5, 5.41) is 0. The Kier molecular flexibility index (Phi) is 4.56. The smallest absolute Gasteiger partial charge is 0.206 e. The molecule has 21 heavy (non-hydrogen) atoms. The number of hydrogen-bond acceptors (Lipinski definition) is 2. The summed E-state index contributed by atoms with van der Waals surface area (Å²) in [5.74, 6) is -0.0330. The molecule has 2 nitrogen and oxygen atoms in total. The molecule has 0 unspecified atom stereocenters. The molecule has 0 N–H and O–H groups in total. The lowest BCUT2D eigenvalue weighted by molar-refractivity contribution is -0.109. The highest BCUT2D eigenvalue weighted by molar-refractivity contribution is 6.51. The zero-order valence-electron chi connectivity index (χ0n) is 13.3. The lowest BCUT2D eigenvalue weighted by atomic mass is 9.84. The topological polar surface area (TPSA) is 29.4 Å². The van der Waals surface area contributed by atoms with Gasteiger partial charge in [0.25, 0.3) is 0 Å². The number of Topliss-reactive ketones (excluding diaryl/α,β-unsaturated/α-hetero) is 1. The molecule has 0 bridgehead atoms. The molecule has 0 radical (unpaired) electrons. The molecule has 1 heterocycles. The van der Waals surface area contributed by atoms with E-state index >= 15 is 0 Å². The van der Waals surface area contributed by atoms with E-state index in [1.165, 1.54) is 11.1 Å². The number of allylic oxidation sites excluding steroid dienone is 6. The fourth-order valence-corrected chi connectivity index (χ4v) is 3.00. The van der Waals surface area contributed by atoms with E-state index in [2.05, 4.69) is 37.2 Å². The minimum Gasteiger partial charge on any atom is -0.287 e. The van der Waals surface area contributed by atoms with Crippen molar-refractivity contribution in [3.05, 3.63) is 58.7 Å². The molecule has 0 saturated heterocycles. The number of nitrogens with zero attached hydrogens (tertiary/aromatic N) is 1. The number of rotatable bonds is 2. The second-order valence-electron chi connectivity index (χ2n) is 5.59. The Hall–Kier alpha value is -1.96. The second-order valence-corrected chi connectivity index (χ2v) is 5.59. The monoisotopic (exact) mass is 281 g/mol. The molecule has 1 aliphatic carbocycles. The first-order chi connectivity index (χ1) is 10.0. The molecule has 0 aromatic heterocycles. The van der Waals surface area contributed by atoms with Crippen LogP contribution in [0.3, 0.4) is 0 Å². The molecular formula is C19H23NO. The number of carbonyl (C=O) groups excluding carboxylic acids is 1. The van der Waals surface area contributed by atoms with Gasteiger partial charge in [0, 0.05) is 0 Å². The first-order valence-corrected chi connectivity index (χ1v) is 7.49. The molecule has 2 rings (SSSR count). The van der Waals surface area contributed by atoms with Crippen LogP contribution in [-0.2, 0) is 4.79 Å². The summed E-state index contributed by atoms with van der Waals surface area (Å²) in [7, 11) is 0. The molecule has 110 valence electrons. The molecule has 0 atom stereocenters.